The SMILES string of the molecule is CCCNCCOc1nc(Cl)cs1. The minimum absolute atomic E-state index is 0.501. The number of rotatable bonds is 6. The molecule has 0 aliphatic heterocycles. The number of ether oxygens (including phenoxy) is 1. The van der Waals surface area contributed by atoms with Crippen molar-refractivity contribution in [3.8, 4) is 5.19 Å². The number of nitrogens with zero attached hydrogens (tertiary/aromatic N) is 1. The topological polar surface area (TPSA) is 34.1 Å². The van der Waals surface area contributed by atoms with Crippen LogP contribution in [0.25, 0.3) is 0 Å². The molecule has 0 aliphatic carbocycles. The van der Waals surface area contributed by atoms with Crippen molar-refractivity contribution in [1.82, 2.24) is 10.3 Å². The van der Waals surface area contributed by atoms with Crippen LogP contribution in [-0.2, 0) is 0 Å². The lowest BCUT2D eigenvalue weighted by atomic mass is 10.5. The monoisotopic (exact) mass is 220 g/mol. The van der Waals surface area contributed by atoms with Crippen LogP contribution in [0.2, 0.25) is 5.15 Å². The van der Waals surface area contributed by atoms with E-state index in [0.29, 0.717) is 17.0 Å². The zero-order chi connectivity index (χ0) is 9.52. The maximum Gasteiger partial charge on any atom is 0.274 e. The van der Waals surface area contributed by atoms with E-state index in [2.05, 4.69) is 17.2 Å². The second-order valence-corrected chi connectivity index (χ2v) is 3.74. The first-order valence-corrected chi connectivity index (χ1v) is 5.53. The average molecular weight is 221 g/mol. The third-order valence-electron chi connectivity index (χ3n) is 1.39. The fourth-order valence-corrected chi connectivity index (χ4v) is 1.63. The van der Waals surface area contributed by atoms with Crippen LogP contribution >= 0.6 is 22.9 Å². The van der Waals surface area contributed by atoms with E-state index in [4.69, 9.17) is 16.3 Å². The average Bonchev–Trinajstić information content (AvgIpc) is 2.51. The summed E-state index contributed by atoms with van der Waals surface area (Å²) in [6.07, 6.45) is 1.14. The van der Waals surface area contributed by atoms with Crippen LogP contribution in [0.3, 0.4) is 0 Å². The molecule has 0 bridgehead atoms. The van der Waals surface area contributed by atoms with Crippen molar-refractivity contribution in [3.63, 3.8) is 0 Å². The third kappa shape index (κ3) is 4.45. The molecular weight excluding hydrogens is 208 g/mol. The van der Waals surface area contributed by atoms with Crippen molar-refractivity contribution >= 4 is 22.9 Å². The fourth-order valence-electron chi connectivity index (χ4n) is 0.818. The molecule has 1 heterocycles. The molecule has 0 radical (unpaired) electrons. The van der Waals surface area contributed by atoms with Crippen molar-refractivity contribution in [2.45, 2.75) is 13.3 Å². The van der Waals surface area contributed by atoms with E-state index in [9.17, 15) is 0 Å². The Hall–Kier alpha value is -0.320. The van der Waals surface area contributed by atoms with Crippen molar-refractivity contribution in [2.75, 3.05) is 19.7 Å². The van der Waals surface area contributed by atoms with E-state index in [0.717, 1.165) is 19.5 Å². The van der Waals surface area contributed by atoms with Crippen molar-refractivity contribution in [2.24, 2.45) is 0 Å². The quantitative estimate of drug-likeness (QED) is 0.747. The second kappa shape index (κ2) is 6.18. The summed E-state index contributed by atoms with van der Waals surface area (Å²) in [5, 5.41) is 6.13. The first kappa shape index (κ1) is 10.8. The summed E-state index contributed by atoms with van der Waals surface area (Å²) >= 11 is 7.05. The molecule has 0 aliphatic rings. The van der Waals surface area contributed by atoms with Gasteiger partial charge in [0.05, 0.1) is 0 Å². The number of hydrogen-bond donors (Lipinski definition) is 1. The van der Waals surface area contributed by atoms with Crippen LogP contribution in [0.5, 0.6) is 5.19 Å². The molecule has 0 unspecified atom stereocenters. The summed E-state index contributed by atoms with van der Waals surface area (Å²) in [6.45, 7) is 4.66. The van der Waals surface area contributed by atoms with Crippen LogP contribution in [0.4, 0.5) is 0 Å². The largest absolute Gasteiger partial charge is 0.469 e. The molecule has 1 N–H and O–H groups in total. The van der Waals surface area contributed by atoms with Gasteiger partial charge in [-0.25, -0.2) is 0 Å². The van der Waals surface area contributed by atoms with Gasteiger partial charge in [-0.3, -0.25) is 0 Å². The number of thiazole rings is 1. The Balaban J connectivity index is 2.06. The molecule has 0 atom stereocenters. The Morgan fingerprint density at radius 3 is 3.08 bits per heavy atom. The number of halogens is 1. The van der Waals surface area contributed by atoms with Crippen molar-refractivity contribution < 1.29 is 4.74 Å². The van der Waals surface area contributed by atoms with Gasteiger partial charge in [-0.2, -0.15) is 4.98 Å². The lowest BCUT2D eigenvalue weighted by Crippen LogP contribution is -2.21. The number of aromatic nitrogens is 1. The van der Waals surface area contributed by atoms with Gasteiger partial charge in [-0.1, -0.05) is 29.9 Å². The van der Waals surface area contributed by atoms with Crippen LogP contribution < -0.4 is 10.1 Å². The summed E-state index contributed by atoms with van der Waals surface area (Å²) in [4.78, 5) is 3.96. The van der Waals surface area contributed by atoms with Crippen LogP contribution in [0, 0.1) is 0 Å². The molecule has 0 saturated carbocycles. The lowest BCUT2D eigenvalue weighted by Gasteiger charge is -2.02. The molecule has 0 aromatic carbocycles. The molecule has 1 rings (SSSR count). The smallest absolute Gasteiger partial charge is 0.274 e. The summed E-state index contributed by atoms with van der Waals surface area (Å²) in [5.74, 6) is 0. The van der Waals surface area contributed by atoms with Crippen molar-refractivity contribution in [3.05, 3.63) is 10.5 Å². The summed E-state index contributed by atoms with van der Waals surface area (Å²) in [7, 11) is 0. The van der Waals surface area contributed by atoms with E-state index >= 15 is 0 Å². The zero-order valence-corrected chi connectivity index (χ0v) is 9.12. The van der Waals surface area contributed by atoms with Crippen LogP contribution in [0.15, 0.2) is 5.38 Å². The van der Waals surface area contributed by atoms with Gasteiger partial charge in [-0.05, 0) is 13.0 Å². The van der Waals surface area contributed by atoms with Gasteiger partial charge in [0.2, 0.25) is 0 Å². The number of nitrogens with one attached hydrogen (secondary N) is 1. The standard InChI is InChI=1S/C8H13ClN2OS/c1-2-3-10-4-5-12-8-11-7(9)6-13-8/h6,10H,2-5H2,1H3. The second-order valence-electron chi connectivity index (χ2n) is 2.53. The minimum Gasteiger partial charge on any atom is -0.469 e. The van der Waals surface area contributed by atoms with Gasteiger partial charge in [0, 0.05) is 11.9 Å². The predicted octanol–water partition coefficient (Wildman–Crippen LogP) is 2.17. The Labute approximate surface area is 87.1 Å². The van der Waals surface area contributed by atoms with Gasteiger partial charge in [0.25, 0.3) is 5.19 Å². The predicted molar refractivity (Wildman–Crippen MR) is 55.8 cm³/mol. The van der Waals surface area contributed by atoms with Crippen LogP contribution in [0.1, 0.15) is 13.3 Å². The first-order valence-electron chi connectivity index (χ1n) is 4.27. The maximum atomic E-state index is 5.63. The molecule has 0 spiro atoms. The normalized spacial score (nSPS) is 10.3. The molecule has 13 heavy (non-hydrogen) atoms. The van der Waals surface area contributed by atoms with E-state index < -0.39 is 0 Å². The first-order chi connectivity index (χ1) is 6.33. The minimum atomic E-state index is 0.501. The van der Waals surface area contributed by atoms with E-state index in [1.54, 1.807) is 5.38 Å². The number of hydrogen-bond acceptors (Lipinski definition) is 4. The molecule has 1 aromatic heterocycles. The Bertz CT molecular complexity index is 242. The fraction of sp³-hybridized carbons (Fsp3) is 0.625. The summed E-state index contributed by atoms with van der Waals surface area (Å²) < 4.78 is 5.33. The highest BCUT2D eigenvalue weighted by atomic mass is 35.5. The molecule has 0 saturated heterocycles. The van der Waals surface area contributed by atoms with Gasteiger partial charge < -0.3 is 10.1 Å². The molecule has 1 aromatic rings. The highest BCUT2D eigenvalue weighted by Crippen LogP contribution is 2.20. The molecule has 74 valence electrons. The Morgan fingerprint density at radius 1 is 1.62 bits per heavy atom. The summed E-state index contributed by atoms with van der Waals surface area (Å²) in [6, 6.07) is 0. The van der Waals surface area contributed by atoms with E-state index in [1.165, 1.54) is 11.3 Å². The van der Waals surface area contributed by atoms with Gasteiger partial charge in [-0.15, -0.1) is 0 Å². The zero-order valence-electron chi connectivity index (χ0n) is 7.55. The van der Waals surface area contributed by atoms with E-state index in [1.807, 2.05) is 0 Å². The van der Waals surface area contributed by atoms with E-state index in [-0.39, 0.29) is 0 Å². The lowest BCUT2D eigenvalue weighted by molar-refractivity contribution is 0.312. The van der Waals surface area contributed by atoms with Gasteiger partial charge in [0.15, 0.2) is 0 Å². The molecular formula is C8H13ClN2OS. The summed E-state index contributed by atoms with van der Waals surface area (Å²) in [5.41, 5.74) is 0. The molecule has 0 fully saturated rings. The van der Waals surface area contributed by atoms with Gasteiger partial charge >= 0.3 is 0 Å². The Morgan fingerprint density at radius 2 is 2.46 bits per heavy atom. The van der Waals surface area contributed by atoms with Gasteiger partial charge in [0.1, 0.15) is 11.8 Å². The van der Waals surface area contributed by atoms with Crippen LogP contribution in [-0.4, -0.2) is 24.7 Å². The third-order valence-corrected chi connectivity index (χ3v) is 2.46. The van der Waals surface area contributed by atoms with Crippen molar-refractivity contribution in [1.29, 1.82) is 0 Å². The maximum absolute atomic E-state index is 5.63. The molecule has 0 amide bonds. The molecule has 5 heteroatoms. The Kier molecular flexibility index (Phi) is 5.12. The highest BCUT2D eigenvalue weighted by Gasteiger charge is 1.98. The highest BCUT2D eigenvalue weighted by molar-refractivity contribution is 7.11. The molecule has 3 nitrogen and oxygen atoms in total.